The Labute approximate surface area is 100 Å². The summed E-state index contributed by atoms with van der Waals surface area (Å²) in [4.78, 5) is 22.5. The molecule has 1 aromatic carbocycles. The molecular weight excluding hydrogens is 249 g/mol. The molecule has 1 aliphatic rings. The lowest BCUT2D eigenvalue weighted by molar-refractivity contribution is -0.122. The number of benzene rings is 1. The van der Waals surface area contributed by atoms with E-state index in [-0.39, 0.29) is 18.7 Å². The van der Waals surface area contributed by atoms with Crippen LogP contribution >= 0.6 is 0 Å². The first-order valence-electron chi connectivity index (χ1n) is 5.23. The van der Waals surface area contributed by atoms with Crippen LogP contribution in [0.15, 0.2) is 12.1 Å². The van der Waals surface area contributed by atoms with E-state index in [9.17, 15) is 22.8 Å². The molecule has 0 radical (unpaired) electrons. The highest BCUT2D eigenvalue weighted by Gasteiger charge is 2.28. The number of hydrogen-bond donors (Lipinski definition) is 2. The van der Waals surface area contributed by atoms with Gasteiger partial charge in [0.25, 0.3) is 0 Å². The van der Waals surface area contributed by atoms with Crippen LogP contribution in [0.5, 0.6) is 0 Å². The van der Waals surface area contributed by atoms with Gasteiger partial charge in [-0.25, -0.2) is 13.2 Å². The minimum atomic E-state index is -1.65. The first-order chi connectivity index (χ1) is 8.49. The van der Waals surface area contributed by atoms with Crippen molar-refractivity contribution in [1.29, 1.82) is 0 Å². The number of amides is 2. The number of rotatable bonds is 2. The highest BCUT2D eigenvalue weighted by atomic mass is 19.2. The van der Waals surface area contributed by atoms with Crippen LogP contribution in [0.2, 0.25) is 0 Å². The van der Waals surface area contributed by atoms with Crippen molar-refractivity contribution in [2.45, 2.75) is 18.9 Å². The Morgan fingerprint density at radius 1 is 1.28 bits per heavy atom. The smallest absolute Gasteiger partial charge is 0.247 e. The van der Waals surface area contributed by atoms with Crippen LogP contribution in [0.3, 0.4) is 0 Å². The lowest BCUT2D eigenvalue weighted by Crippen LogP contribution is -2.37. The van der Waals surface area contributed by atoms with Crippen LogP contribution in [0, 0.1) is 17.5 Å². The lowest BCUT2D eigenvalue weighted by Gasteiger charge is -2.11. The van der Waals surface area contributed by atoms with E-state index < -0.39 is 35.1 Å². The standard InChI is InChI=1S/C11H9F3N2O2/c12-5-1-2-6(10(14)9(5)13)16-11(18)7-3-4-8(17)15-7/h1-2,7H,3-4H2,(H,15,17)(H,16,18). The molecule has 0 aliphatic carbocycles. The molecule has 18 heavy (non-hydrogen) atoms. The van der Waals surface area contributed by atoms with E-state index in [0.29, 0.717) is 6.07 Å². The quantitative estimate of drug-likeness (QED) is 0.786. The molecule has 1 unspecified atom stereocenters. The molecule has 2 N–H and O–H groups in total. The van der Waals surface area contributed by atoms with Gasteiger partial charge in [-0.15, -0.1) is 0 Å². The van der Waals surface area contributed by atoms with Gasteiger partial charge in [0.2, 0.25) is 11.8 Å². The summed E-state index contributed by atoms with van der Waals surface area (Å²) in [6.07, 6.45) is 0.494. The van der Waals surface area contributed by atoms with Crippen molar-refractivity contribution < 1.29 is 22.8 Å². The molecule has 1 heterocycles. The van der Waals surface area contributed by atoms with Gasteiger partial charge in [0.15, 0.2) is 17.5 Å². The summed E-state index contributed by atoms with van der Waals surface area (Å²) in [5.41, 5.74) is -0.458. The molecule has 1 atom stereocenters. The maximum Gasteiger partial charge on any atom is 0.247 e. The van der Waals surface area contributed by atoms with E-state index in [1.165, 1.54) is 0 Å². The topological polar surface area (TPSA) is 58.2 Å². The summed E-state index contributed by atoms with van der Waals surface area (Å²) in [5, 5.41) is 4.48. The number of halogens is 3. The second-order valence-electron chi connectivity index (χ2n) is 3.87. The van der Waals surface area contributed by atoms with Crippen LogP contribution in [0.25, 0.3) is 0 Å². The van der Waals surface area contributed by atoms with Crippen LogP contribution in [0.1, 0.15) is 12.8 Å². The fourth-order valence-corrected chi connectivity index (χ4v) is 1.65. The Morgan fingerprint density at radius 3 is 2.61 bits per heavy atom. The molecule has 0 aromatic heterocycles. The summed E-state index contributed by atoms with van der Waals surface area (Å²) in [7, 11) is 0. The van der Waals surface area contributed by atoms with E-state index in [4.69, 9.17) is 0 Å². The third kappa shape index (κ3) is 2.29. The zero-order valence-corrected chi connectivity index (χ0v) is 9.10. The average molecular weight is 258 g/mol. The number of carbonyl (C=O) groups excluding carboxylic acids is 2. The summed E-state index contributed by atoms with van der Waals surface area (Å²) in [6, 6.07) is 0.856. The number of carbonyl (C=O) groups is 2. The van der Waals surface area contributed by atoms with Crippen molar-refractivity contribution in [3.63, 3.8) is 0 Å². The van der Waals surface area contributed by atoms with Gasteiger partial charge in [-0.05, 0) is 18.6 Å². The predicted octanol–water partition coefficient (Wildman–Crippen LogP) is 1.32. The van der Waals surface area contributed by atoms with E-state index in [1.54, 1.807) is 0 Å². The summed E-state index contributed by atoms with van der Waals surface area (Å²) in [6.45, 7) is 0. The van der Waals surface area contributed by atoms with Gasteiger partial charge in [0.05, 0.1) is 5.69 Å². The Hall–Kier alpha value is -2.05. The van der Waals surface area contributed by atoms with Crippen LogP contribution in [-0.2, 0) is 9.59 Å². The van der Waals surface area contributed by atoms with E-state index in [1.807, 2.05) is 0 Å². The molecule has 1 saturated heterocycles. The zero-order chi connectivity index (χ0) is 13.3. The Balaban J connectivity index is 2.12. The first kappa shape index (κ1) is 12.4. The highest BCUT2D eigenvalue weighted by Crippen LogP contribution is 2.20. The minimum Gasteiger partial charge on any atom is -0.344 e. The van der Waals surface area contributed by atoms with E-state index >= 15 is 0 Å². The first-order valence-corrected chi connectivity index (χ1v) is 5.23. The van der Waals surface area contributed by atoms with Gasteiger partial charge in [0, 0.05) is 6.42 Å². The predicted molar refractivity (Wildman–Crippen MR) is 56.1 cm³/mol. The molecular formula is C11H9F3N2O2. The molecule has 1 aromatic rings. The monoisotopic (exact) mass is 258 g/mol. The van der Waals surface area contributed by atoms with Gasteiger partial charge in [-0.2, -0.15) is 0 Å². The maximum atomic E-state index is 13.3. The van der Waals surface area contributed by atoms with Gasteiger partial charge in [-0.3, -0.25) is 9.59 Å². The molecule has 1 aliphatic heterocycles. The minimum absolute atomic E-state index is 0.207. The number of anilines is 1. The van der Waals surface area contributed by atoms with Crippen molar-refractivity contribution in [3.8, 4) is 0 Å². The van der Waals surface area contributed by atoms with E-state index in [0.717, 1.165) is 6.07 Å². The van der Waals surface area contributed by atoms with Gasteiger partial charge < -0.3 is 10.6 Å². The Kier molecular flexibility index (Phi) is 3.22. The van der Waals surface area contributed by atoms with Gasteiger partial charge >= 0.3 is 0 Å². The Morgan fingerprint density at radius 2 is 2.00 bits per heavy atom. The molecule has 7 heteroatoms. The van der Waals surface area contributed by atoms with Crippen molar-refractivity contribution in [1.82, 2.24) is 5.32 Å². The van der Waals surface area contributed by atoms with Crippen molar-refractivity contribution in [3.05, 3.63) is 29.6 Å². The lowest BCUT2D eigenvalue weighted by atomic mass is 10.2. The van der Waals surface area contributed by atoms with Crippen LogP contribution < -0.4 is 10.6 Å². The third-order valence-electron chi connectivity index (χ3n) is 2.60. The fraction of sp³-hybridized carbons (Fsp3) is 0.273. The second-order valence-corrected chi connectivity index (χ2v) is 3.87. The Bertz CT molecular complexity index is 519. The molecule has 2 amide bonds. The SMILES string of the molecule is O=C1CCC(C(=O)Nc2ccc(F)c(F)c2F)N1. The van der Waals surface area contributed by atoms with Crippen molar-refractivity contribution >= 4 is 17.5 Å². The van der Waals surface area contributed by atoms with Crippen molar-refractivity contribution in [2.24, 2.45) is 0 Å². The van der Waals surface area contributed by atoms with Crippen molar-refractivity contribution in [2.75, 3.05) is 5.32 Å². The number of hydrogen-bond acceptors (Lipinski definition) is 2. The summed E-state index contributed by atoms with van der Waals surface area (Å²) >= 11 is 0. The molecule has 0 spiro atoms. The normalized spacial score (nSPS) is 18.6. The fourth-order valence-electron chi connectivity index (χ4n) is 1.65. The molecule has 4 nitrogen and oxygen atoms in total. The highest BCUT2D eigenvalue weighted by molar-refractivity contribution is 5.99. The molecule has 0 saturated carbocycles. The van der Waals surface area contributed by atoms with Crippen LogP contribution in [-0.4, -0.2) is 17.9 Å². The molecule has 2 rings (SSSR count). The maximum absolute atomic E-state index is 13.3. The van der Waals surface area contributed by atoms with Gasteiger partial charge in [-0.1, -0.05) is 0 Å². The zero-order valence-electron chi connectivity index (χ0n) is 9.10. The van der Waals surface area contributed by atoms with Crippen LogP contribution in [0.4, 0.5) is 18.9 Å². The molecule has 96 valence electrons. The largest absolute Gasteiger partial charge is 0.344 e. The number of nitrogens with one attached hydrogen (secondary N) is 2. The third-order valence-corrected chi connectivity index (χ3v) is 2.60. The van der Waals surface area contributed by atoms with Gasteiger partial charge in [0.1, 0.15) is 6.04 Å². The summed E-state index contributed by atoms with van der Waals surface area (Å²) < 4.78 is 38.8. The molecule has 0 bridgehead atoms. The average Bonchev–Trinajstić information content (AvgIpc) is 2.77. The molecule has 1 fully saturated rings. The summed E-state index contributed by atoms with van der Waals surface area (Å²) in [5.74, 6) is -5.39. The second kappa shape index (κ2) is 4.67. The van der Waals surface area contributed by atoms with E-state index in [2.05, 4.69) is 10.6 Å².